The van der Waals surface area contributed by atoms with Crippen LogP contribution in [0.25, 0.3) is 116 Å². The molecule has 0 unspecified atom stereocenters. The Labute approximate surface area is 408 Å². The predicted octanol–water partition coefficient (Wildman–Crippen LogP) is 16.5. The molecule has 0 bridgehead atoms. The number of rotatable bonds is 8. The molecule has 0 aliphatic heterocycles. The van der Waals surface area contributed by atoms with Gasteiger partial charge >= 0.3 is 0 Å². The van der Waals surface area contributed by atoms with Gasteiger partial charge in [0.25, 0.3) is 0 Å². The second kappa shape index (κ2) is 16.0. The molecule has 0 spiro atoms. The lowest BCUT2D eigenvalue weighted by molar-refractivity contribution is 0.666. The van der Waals surface area contributed by atoms with Crippen molar-refractivity contribution in [2.45, 2.75) is 19.3 Å². The zero-order valence-electron chi connectivity index (χ0n) is 38.5. The zero-order chi connectivity index (χ0) is 47.2. The van der Waals surface area contributed by atoms with E-state index in [1.54, 1.807) is 0 Å². The molecule has 14 rings (SSSR count). The number of aryl methyl sites for hydroxylation is 2. The Kier molecular flexibility index (Phi) is 9.11. The van der Waals surface area contributed by atoms with E-state index in [1.165, 1.54) is 60.5 Å². The number of furan rings is 1. The van der Waals surface area contributed by atoms with Gasteiger partial charge in [0.2, 0.25) is 0 Å². The second-order valence-electron chi connectivity index (χ2n) is 18.6. The van der Waals surface area contributed by atoms with E-state index in [0.29, 0.717) is 11.1 Å². The van der Waals surface area contributed by atoms with Crippen LogP contribution in [0.15, 0.2) is 217 Å². The van der Waals surface area contributed by atoms with Crippen LogP contribution in [0.2, 0.25) is 0 Å². The minimum absolute atomic E-state index is 0.581. The summed E-state index contributed by atoms with van der Waals surface area (Å²) in [7, 11) is 0. The Morgan fingerprint density at radius 2 is 0.887 bits per heavy atom. The molecule has 0 saturated heterocycles. The molecular formula is C65H41N5O. The third-order valence-corrected chi connectivity index (χ3v) is 14.6. The number of para-hydroxylation sites is 4. The van der Waals surface area contributed by atoms with E-state index in [2.05, 4.69) is 202 Å². The quantitative estimate of drug-likeness (QED) is 0.152. The van der Waals surface area contributed by atoms with Gasteiger partial charge < -0.3 is 18.1 Å². The maximum atomic E-state index is 9.74. The van der Waals surface area contributed by atoms with Crippen molar-refractivity contribution in [3.63, 3.8) is 0 Å². The smallest absolute Gasteiger partial charge is 0.159 e. The van der Waals surface area contributed by atoms with Gasteiger partial charge in [-0.1, -0.05) is 103 Å². The van der Waals surface area contributed by atoms with E-state index in [-0.39, 0.29) is 0 Å². The lowest BCUT2D eigenvalue weighted by atomic mass is 9.99. The molecular weight excluding hydrogens is 867 g/mol. The number of hydrogen-bond acceptors (Lipinski definition) is 3. The summed E-state index contributed by atoms with van der Waals surface area (Å²) in [5.74, 6) is 0. The fraction of sp³-hybridized carbons (Fsp3) is 0.0462. The monoisotopic (exact) mass is 907 g/mol. The summed E-state index contributed by atoms with van der Waals surface area (Å²) in [6, 6.07) is 79.8. The molecule has 0 aliphatic rings. The molecule has 4 aromatic heterocycles. The third-order valence-electron chi connectivity index (χ3n) is 14.6. The summed E-state index contributed by atoms with van der Waals surface area (Å²) in [5.41, 5.74) is 17.7. The highest BCUT2D eigenvalue weighted by Gasteiger charge is 2.20. The van der Waals surface area contributed by atoms with Crippen LogP contribution in [-0.4, -0.2) is 13.7 Å². The third kappa shape index (κ3) is 6.40. The van der Waals surface area contributed by atoms with Gasteiger partial charge in [-0.05, 0) is 151 Å². The first-order valence-electron chi connectivity index (χ1n) is 24.1. The standard InChI is InChI=1S/C65H41N5O/c66-39-43-23-30-59-53(35-43)54-36-44(40-67)24-31-60(54)69(59)48-28-33-64-56(38-48)51-16-9-19-63(65(51)71-64)70-58-18-7-5-14-49(58)52-34-42(22-29-62(52)70)11-8-10-41-20-25-45(26-21-41)46-27-32-61-55(37-46)50-15-4-6-17-57(50)68(61)47-12-2-1-3-13-47/h1-7,9,12-38H,8,10-11H2. The number of hydrogen-bond donors (Lipinski definition) is 0. The highest BCUT2D eigenvalue weighted by atomic mass is 16.3. The fourth-order valence-corrected chi connectivity index (χ4v) is 11.3. The Balaban J connectivity index is 0.758. The molecule has 0 saturated carbocycles. The first kappa shape index (κ1) is 40.4. The van der Waals surface area contributed by atoms with Crippen molar-refractivity contribution in [2.75, 3.05) is 0 Å². The van der Waals surface area contributed by atoms with Gasteiger partial charge in [0.15, 0.2) is 5.58 Å². The molecule has 4 heterocycles. The predicted molar refractivity (Wildman–Crippen MR) is 290 cm³/mol. The van der Waals surface area contributed by atoms with E-state index < -0.39 is 0 Å². The van der Waals surface area contributed by atoms with E-state index in [4.69, 9.17) is 4.42 Å². The van der Waals surface area contributed by atoms with Crippen molar-refractivity contribution in [3.8, 4) is 40.3 Å². The largest absolute Gasteiger partial charge is 0.454 e. The van der Waals surface area contributed by atoms with Crippen molar-refractivity contribution in [2.24, 2.45) is 0 Å². The van der Waals surface area contributed by atoms with Crippen LogP contribution in [0.1, 0.15) is 28.7 Å². The molecule has 0 aliphatic carbocycles. The van der Waals surface area contributed by atoms with Gasteiger partial charge in [-0.3, -0.25) is 0 Å². The van der Waals surface area contributed by atoms with Crippen molar-refractivity contribution >= 4 is 87.4 Å². The topological polar surface area (TPSA) is 75.5 Å². The molecule has 71 heavy (non-hydrogen) atoms. The van der Waals surface area contributed by atoms with Crippen molar-refractivity contribution in [3.05, 3.63) is 235 Å². The van der Waals surface area contributed by atoms with Crippen molar-refractivity contribution < 1.29 is 4.42 Å². The SMILES string of the molecule is N#Cc1ccc2c(c1)c1cc(C#N)ccc1n2-c1ccc2oc3c(-n4c5ccccc5c5cc(CCCc6ccc(-c7ccc8c(c7)c7ccccc7n8-c7ccccc7)cc6)ccc54)cccc3c2c1. The molecule has 0 fully saturated rings. The Morgan fingerprint density at radius 3 is 1.61 bits per heavy atom. The summed E-state index contributed by atoms with van der Waals surface area (Å²) in [5, 5.41) is 28.4. The van der Waals surface area contributed by atoms with Crippen LogP contribution in [0.4, 0.5) is 0 Å². The second-order valence-corrected chi connectivity index (χ2v) is 18.6. The molecule has 14 aromatic rings. The van der Waals surface area contributed by atoms with Crippen LogP contribution < -0.4 is 0 Å². The first-order valence-corrected chi connectivity index (χ1v) is 24.1. The summed E-state index contributed by atoms with van der Waals surface area (Å²) < 4.78 is 13.7. The molecule has 6 nitrogen and oxygen atoms in total. The zero-order valence-corrected chi connectivity index (χ0v) is 38.5. The highest BCUT2D eigenvalue weighted by molar-refractivity contribution is 6.15. The minimum Gasteiger partial charge on any atom is -0.454 e. The van der Waals surface area contributed by atoms with Crippen LogP contribution >= 0.6 is 0 Å². The summed E-state index contributed by atoms with van der Waals surface area (Å²) in [4.78, 5) is 0. The summed E-state index contributed by atoms with van der Waals surface area (Å²) >= 11 is 0. The fourth-order valence-electron chi connectivity index (χ4n) is 11.3. The van der Waals surface area contributed by atoms with E-state index in [9.17, 15) is 10.5 Å². The van der Waals surface area contributed by atoms with Gasteiger partial charge in [-0.25, -0.2) is 0 Å². The highest BCUT2D eigenvalue weighted by Crippen LogP contribution is 2.41. The normalized spacial score (nSPS) is 11.8. The molecule has 0 atom stereocenters. The number of benzene rings is 10. The summed E-state index contributed by atoms with van der Waals surface area (Å²) in [6.07, 6.45) is 3.03. The number of aromatic nitrogens is 3. The van der Waals surface area contributed by atoms with Gasteiger partial charge in [0.1, 0.15) is 5.58 Å². The maximum Gasteiger partial charge on any atom is 0.159 e. The lowest BCUT2D eigenvalue weighted by Gasteiger charge is -2.09. The van der Waals surface area contributed by atoms with Crippen LogP contribution in [-0.2, 0) is 12.8 Å². The molecule has 10 aromatic carbocycles. The molecule has 0 amide bonds. The van der Waals surface area contributed by atoms with Crippen LogP contribution in [0.5, 0.6) is 0 Å². The Bertz CT molecular complexity index is 4500. The summed E-state index contributed by atoms with van der Waals surface area (Å²) in [6.45, 7) is 0. The van der Waals surface area contributed by atoms with Gasteiger partial charge in [-0.15, -0.1) is 0 Å². The van der Waals surface area contributed by atoms with Crippen LogP contribution in [0, 0.1) is 22.7 Å². The molecule has 6 heteroatoms. The molecule has 0 N–H and O–H groups in total. The lowest BCUT2D eigenvalue weighted by Crippen LogP contribution is -1.95. The van der Waals surface area contributed by atoms with Gasteiger partial charge in [-0.2, -0.15) is 10.5 Å². The minimum atomic E-state index is 0.581. The Hall–Kier alpha value is -9.62. The number of fused-ring (bicyclic) bond motifs is 12. The van der Waals surface area contributed by atoms with Crippen molar-refractivity contribution in [1.82, 2.24) is 13.7 Å². The van der Waals surface area contributed by atoms with E-state index >= 15 is 0 Å². The van der Waals surface area contributed by atoms with E-state index in [0.717, 1.165) is 85.4 Å². The average Bonchev–Trinajstić information content (AvgIpc) is 4.17. The number of nitrogens with zero attached hydrogens (tertiary/aromatic N) is 5. The maximum absolute atomic E-state index is 9.74. The molecule has 332 valence electrons. The average molecular weight is 908 g/mol. The number of nitriles is 2. The first-order chi connectivity index (χ1) is 35.1. The Morgan fingerprint density at radius 1 is 0.352 bits per heavy atom. The van der Waals surface area contributed by atoms with Crippen molar-refractivity contribution in [1.29, 1.82) is 10.5 Å². The molecule has 0 radical (unpaired) electrons. The van der Waals surface area contributed by atoms with E-state index in [1.807, 2.05) is 36.4 Å². The van der Waals surface area contributed by atoms with Crippen LogP contribution in [0.3, 0.4) is 0 Å². The van der Waals surface area contributed by atoms with Gasteiger partial charge in [0, 0.05) is 54.5 Å². The van der Waals surface area contributed by atoms with Gasteiger partial charge in [0.05, 0.1) is 62.1 Å².